The SMILES string of the molecule is COCCOC(=O)COC(=O)C(C)C. The van der Waals surface area contributed by atoms with Gasteiger partial charge < -0.3 is 14.2 Å². The molecule has 0 aromatic heterocycles. The molecule has 0 unspecified atom stereocenters. The van der Waals surface area contributed by atoms with Gasteiger partial charge in [0.15, 0.2) is 6.61 Å². The highest BCUT2D eigenvalue weighted by molar-refractivity contribution is 5.77. The molecular weight excluding hydrogens is 188 g/mol. The number of hydrogen-bond donors (Lipinski definition) is 0. The lowest BCUT2D eigenvalue weighted by molar-refractivity contribution is -0.161. The van der Waals surface area contributed by atoms with Crippen LogP contribution in [0, 0.1) is 5.92 Å². The van der Waals surface area contributed by atoms with Crippen LogP contribution in [0.1, 0.15) is 13.8 Å². The summed E-state index contributed by atoms with van der Waals surface area (Å²) < 4.78 is 14.0. The Balaban J connectivity index is 3.49. The maximum absolute atomic E-state index is 10.9. The van der Waals surface area contributed by atoms with Gasteiger partial charge in [0.05, 0.1) is 12.5 Å². The maximum atomic E-state index is 10.9. The predicted molar refractivity (Wildman–Crippen MR) is 48.6 cm³/mol. The van der Waals surface area contributed by atoms with Crippen molar-refractivity contribution in [2.45, 2.75) is 13.8 Å². The van der Waals surface area contributed by atoms with Crippen LogP contribution in [0.25, 0.3) is 0 Å². The van der Waals surface area contributed by atoms with E-state index >= 15 is 0 Å². The van der Waals surface area contributed by atoms with Gasteiger partial charge in [-0.15, -0.1) is 0 Å². The monoisotopic (exact) mass is 204 g/mol. The Morgan fingerprint density at radius 1 is 1.14 bits per heavy atom. The van der Waals surface area contributed by atoms with E-state index in [1.54, 1.807) is 13.8 Å². The quantitative estimate of drug-likeness (QED) is 0.462. The van der Waals surface area contributed by atoms with Gasteiger partial charge in [0.1, 0.15) is 6.61 Å². The fraction of sp³-hybridized carbons (Fsp3) is 0.778. The van der Waals surface area contributed by atoms with Crippen LogP contribution in [-0.4, -0.2) is 38.9 Å². The van der Waals surface area contributed by atoms with Crippen LogP contribution >= 0.6 is 0 Å². The molecule has 0 aliphatic heterocycles. The summed E-state index contributed by atoms with van der Waals surface area (Å²) in [6.45, 7) is 3.57. The van der Waals surface area contributed by atoms with E-state index in [2.05, 4.69) is 14.2 Å². The molecule has 0 aliphatic carbocycles. The van der Waals surface area contributed by atoms with E-state index in [0.29, 0.717) is 6.61 Å². The lowest BCUT2D eigenvalue weighted by Gasteiger charge is -2.06. The van der Waals surface area contributed by atoms with Gasteiger partial charge in [-0.1, -0.05) is 13.8 Å². The fourth-order valence-corrected chi connectivity index (χ4v) is 0.577. The second-order valence-electron chi connectivity index (χ2n) is 2.98. The van der Waals surface area contributed by atoms with Crippen molar-refractivity contribution in [2.24, 2.45) is 5.92 Å². The van der Waals surface area contributed by atoms with Crippen molar-refractivity contribution >= 4 is 11.9 Å². The molecule has 0 aliphatic rings. The van der Waals surface area contributed by atoms with Crippen molar-refractivity contribution in [1.29, 1.82) is 0 Å². The van der Waals surface area contributed by atoms with Crippen LogP contribution in [0.15, 0.2) is 0 Å². The Bertz CT molecular complexity index is 188. The summed E-state index contributed by atoms with van der Waals surface area (Å²) >= 11 is 0. The Morgan fingerprint density at radius 2 is 1.79 bits per heavy atom. The largest absolute Gasteiger partial charge is 0.461 e. The molecule has 0 saturated carbocycles. The molecule has 0 aromatic rings. The molecule has 0 radical (unpaired) electrons. The number of carbonyl (C=O) groups is 2. The van der Waals surface area contributed by atoms with Crippen molar-refractivity contribution in [3.8, 4) is 0 Å². The van der Waals surface area contributed by atoms with Crippen molar-refractivity contribution in [3.63, 3.8) is 0 Å². The van der Waals surface area contributed by atoms with Gasteiger partial charge in [-0.05, 0) is 0 Å². The molecule has 5 nitrogen and oxygen atoms in total. The smallest absolute Gasteiger partial charge is 0.344 e. The lowest BCUT2D eigenvalue weighted by atomic mass is 10.2. The first-order valence-corrected chi connectivity index (χ1v) is 4.39. The third-order valence-corrected chi connectivity index (χ3v) is 1.35. The number of ether oxygens (including phenoxy) is 3. The molecule has 0 heterocycles. The minimum absolute atomic E-state index is 0.175. The number of rotatable bonds is 6. The van der Waals surface area contributed by atoms with Crippen LogP contribution in [0.5, 0.6) is 0 Å². The van der Waals surface area contributed by atoms with Gasteiger partial charge in [-0.3, -0.25) is 4.79 Å². The Kier molecular flexibility index (Phi) is 6.74. The summed E-state index contributed by atoms with van der Waals surface area (Å²) in [5, 5.41) is 0. The van der Waals surface area contributed by atoms with Gasteiger partial charge in [-0.25, -0.2) is 4.79 Å². The van der Waals surface area contributed by atoms with Gasteiger partial charge in [0.2, 0.25) is 0 Å². The summed E-state index contributed by atoms with van der Waals surface area (Å²) in [5.74, 6) is -1.20. The predicted octanol–water partition coefficient (Wildman–Crippen LogP) is 0.375. The molecular formula is C9H16O5. The van der Waals surface area contributed by atoms with Crippen molar-refractivity contribution in [3.05, 3.63) is 0 Å². The van der Waals surface area contributed by atoms with Crippen LogP contribution in [-0.2, 0) is 23.8 Å². The van der Waals surface area contributed by atoms with Crippen LogP contribution < -0.4 is 0 Å². The van der Waals surface area contributed by atoms with E-state index in [4.69, 9.17) is 0 Å². The van der Waals surface area contributed by atoms with Crippen LogP contribution in [0.2, 0.25) is 0 Å². The zero-order valence-electron chi connectivity index (χ0n) is 8.74. The highest BCUT2D eigenvalue weighted by Gasteiger charge is 2.11. The normalized spacial score (nSPS) is 10.0. The highest BCUT2D eigenvalue weighted by Crippen LogP contribution is 1.95. The van der Waals surface area contributed by atoms with E-state index < -0.39 is 11.9 Å². The average molecular weight is 204 g/mol. The summed E-state index contributed by atoms with van der Waals surface area (Å²) in [7, 11) is 1.51. The van der Waals surface area contributed by atoms with Crippen molar-refractivity contribution < 1.29 is 23.8 Å². The molecule has 5 heteroatoms. The average Bonchev–Trinajstić information content (AvgIpc) is 2.14. The Labute approximate surface area is 83.3 Å². The fourth-order valence-electron chi connectivity index (χ4n) is 0.577. The highest BCUT2D eigenvalue weighted by atomic mass is 16.6. The molecule has 0 N–H and O–H groups in total. The Morgan fingerprint density at radius 3 is 2.29 bits per heavy atom. The molecule has 0 aromatic carbocycles. The van der Waals surface area contributed by atoms with Gasteiger partial charge in [0.25, 0.3) is 0 Å². The number of esters is 2. The molecule has 0 spiro atoms. The topological polar surface area (TPSA) is 61.8 Å². The molecule has 0 saturated heterocycles. The molecule has 14 heavy (non-hydrogen) atoms. The van der Waals surface area contributed by atoms with Crippen molar-refractivity contribution in [1.82, 2.24) is 0 Å². The third kappa shape index (κ3) is 6.42. The number of carbonyl (C=O) groups excluding carboxylic acids is 2. The van der Waals surface area contributed by atoms with Gasteiger partial charge in [0, 0.05) is 7.11 Å². The standard InChI is InChI=1S/C9H16O5/c1-7(2)9(11)14-6-8(10)13-5-4-12-3/h7H,4-6H2,1-3H3. The molecule has 0 bridgehead atoms. The molecule has 0 rings (SSSR count). The van der Waals surface area contributed by atoms with E-state index in [1.165, 1.54) is 7.11 Å². The van der Waals surface area contributed by atoms with E-state index in [-0.39, 0.29) is 19.1 Å². The van der Waals surface area contributed by atoms with Crippen molar-refractivity contribution in [2.75, 3.05) is 26.9 Å². The molecule has 82 valence electrons. The second kappa shape index (κ2) is 7.32. The summed E-state index contributed by atoms with van der Waals surface area (Å²) in [6.07, 6.45) is 0. The first-order valence-electron chi connectivity index (χ1n) is 4.39. The summed E-state index contributed by atoms with van der Waals surface area (Å²) in [5.41, 5.74) is 0. The summed E-state index contributed by atoms with van der Waals surface area (Å²) in [6, 6.07) is 0. The van der Waals surface area contributed by atoms with Crippen LogP contribution in [0.4, 0.5) is 0 Å². The first-order chi connectivity index (χ1) is 6.57. The lowest BCUT2D eigenvalue weighted by Crippen LogP contribution is -2.20. The zero-order valence-corrected chi connectivity index (χ0v) is 8.74. The van der Waals surface area contributed by atoms with Gasteiger partial charge in [-0.2, -0.15) is 0 Å². The van der Waals surface area contributed by atoms with E-state index in [9.17, 15) is 9.59 Å². The van der Waals surface area contributed by atoms with Gasteiger partial charge >= 0.3 is 11.9 Å². The number of methoxy groups -OCH3 is 1. The van der Waals surface area contributed by atoms with Crippen LogP contribution in [0.3, 0.4) is 0 Å². The minimum Gasteiger partial charge on any atom is -0.461 e. The third-order valence-electron chi connectivity index (χ3n) is 1.35. The Hall–Kier alpha value is -1.10. The maximum Gasteiger partial charge on any atom is 0.344 e. The first kappa shape index (κ1) is 12.9. The molecule has 0 amide bonds. The number of hydrogen-bond acceptors (Lipinski definition) is 5. The second-order valence-corrected chi connectivity index (χ2v) is 2.98. The molecule has 0 atom stereocenters. The van der Waals surface area contributed by atoms with E-state index in [1.807, 2.05) is 0 Å². The summed E-state index contributed by atoms with van der Waals surface area (Å²) in [4.78, 5) is 21.8. The van der Waals surface area contributed by atoms with E-state index in [0.717, 1.165) is 0 Å². The zero-order chi connectivity index (χ0) is 11.0. The molecule has 0 fully saturated rings. The minimum atomic E-state index is -0.559.